The molecule has 2 unspecified atom stereocenters. The van der Waals surface area contributed by atoms with Crippen LogP contribution in [0.25, 0.3) is 0 Å². The van der Waals surface area contributed by atoms with Gasteiger partial charge in [-0.2, -0.15) is 0 Å². The highest BCUT2D eigenvalue weighted by atomic mass is 16.2. The first-order valence-corrected chi connectivity index (χ1v) is 6.55. The Labute approximate surface area is 115 Å². The normalized spacial score (nSPS) is 23.0. The van der Waals surface area contributed by atoms with Crippen LogP contribution in [0.2, 0.25) is 0 Å². The van der Waals surface area contributed by atoms with Gasteiger partial charge < -0.3 is 10.6 Å². The summed E-state index contributed by atoms with van der Waals surface area (Å²) in [5, 5.41) is 5.71. The third kappa shape index (κ3) is 1.42. The van der Waals surface area contributed by atoms with Gasteiger partial charge in [-0.25, -0.2) is 0 Å². The van der Waals surface area contributed by atoms with Crippen molar-refractivity contribution in [3.8, 4) is 0 Å². The first kappa shape index (κ1) is 11.2. The lowest BCUT2D eigenvalue weighted by atomic mass is 9.83. The van der Waals surface area contributed by atoms with Crippen molar-refractivity contribution < 1.29 is 9.59 Å². The lowest BCUT2D eigenvalue weighted by Crippen LogP contribution is -2.24. The topological polar surface area (TPSA) is 58.2 Å². The molecular formula is C16H12N2O2. The molecule has 2 atom stereocenters. The van der Waals surface area contributed by atoms with Gasteiger partial charge in [0.1, 0.15) is 0 Å². The van der Waals surface area contributed by atoms with Crippen LogP contribution in [0.3, 0.4) is 0 Å². The molecule has 0 fully saturated rings. The van der Waals surface area contributed by atoms with Crippen LogP contribution in [-0.4, -0.2) is 11.8 Å². The van der Waals surface area contributed by atoms with Crippen molar-refractivity contribution in [2.45, 2.75) is 11.8 Å². The van der Waals surface area contributed by atoms with Crippen molar-refractivity contribution in [3.05, 3.63) is 59.7 Å². The van der Waals surface area contributed by atoms with E-state index in [0.29, 0.717) is 0 Å². The minimum Gasteiger partial charge on any atom is -0.325 e. The molecule has 4 heteroatoms. The van der Waals surface area contributed by atoms with Gasteiger partial charge in [0.15, 0.2) is 0 Å². The summed E-state index contributed by atoms with van der Waals surface area (Å²) in [6, 6.07) is 15.1. The maximum Gasteiger partial charge on any atom is 0.233 e. The van der Waals surface area contributed by atoms with Gasteiger partial charge in [0, 0.05) is 11.4 Å². The number of hydrogen-bond acceptors (Lipinski definition) is 2. The largest absolute Gasteiger partial charge is 0.325 e. The summed E-state index contributed by atoms with van der Waals surface area (Å²) in [5.74, 6) is -1.11. The van der Waals surface area contributed by atoms with E-state index < -0.39 is 11.8 Å². The summed E-state index contributed by atoms with van der Waals surface area (Å²) in [5.41, 5.74) is 3.41. The van der Waals surface area contributed by atoms with Crippen LogP contribution in [0.5, 0.6) is 0 Å². The number of hydrogen-bond donors (Lipinski definition) is 2. The van der Waals surface area contributed by atoms with E-state index in [1.165, 1.54) is 0 Å². The van der Waals surface area contributed by atoms with Gasteiger partial charge in [0.05, 0.1) is 11.8 Å². The average molecular weight is 264 g/mol. The van der Waals surface area contributed by atoms with Gasteiger partial charge in [0.2, 0.25) is 11.8 Å². The van der Waals surface area contributed by atoms with Crippen LogP contribution in [-0.2, 0) is 9.59 Å². The molecule has 0 radical (unpaired) electrons. The number of fused-ring (bicyclic) bond motifs is 2. The Balaban J connectivity index is 1.86. The van der Waals surface area contributed by atoms with Crippen molar-refractivity contribution in [2.75, 3.05) is 10.6 Å². The quantitative estimate of drug-likeness (QED) is 0.831. The Morgan fingerprint density at radius 2 is 1.05 bits per heavy atom. The van der Waals surface area contributed by atoms with Gasteiger partial charge in [-0.05, 0) is 23.3 Å². The van der Waals surface area contributed by atoms with E-state index in [9.17, 15) is 9.59 Å². The molecule has 4 rings (SSSR count). The maximum atomic E-state index is 12.3. The second kappa shape index (κ2) is 3.93. The molecule has 98 valence electrons. The van der Waals surface area contributed by atoms with Gasteiger partial charge >= 0.3 is 0 Å². The lowest BCUT2D eigenvalue weighted by molar-refractivity contribution is -0.123. The Morgan fingerprint density at radius 3 is 1.50 bits per heavy atom. The molecule has 0 spiro atoms. The summed E-state index contributed by atoms with van der Waals surface area (Å²) >= 11 is 0. The number of benzene rings is 2. The standard InChI is InChI=1S/C16H12N2O2/c19-15-13(9-5-1-3-7-11(9)17-15)14-10-6-2-4-8-12(10)18-16(14)20/h1-8,13-14H,(H,17,19)(H,18,20). The lowest BCUT2D eigenvalue weighted by Gasteiger charge is -2.15. The predicted octanol–water partition coefficient (Wildman–Crippen LogP) is 2.46. The van der Waals surface area contributed by atoms with Crippen molar-refractivity contribution in [2.24, 2.45) is 0 Å². The number of carbonyl (C=O) groups excluding carboxylic acids is 2. The van der Waals surface area contributed by atoms with E-state index in [-0.39, 0.29) is 11.8 Å². The van der Waals surface area contributed by atoms with Crippen LogP contribution in [0, 0.1) is 0 Å². The third-order valence-corrected chi connectivity index (χ3v) is 4.01. The van der Waals surface area contributed by atoms with Gasteiger partial charge in [-0.3, -0.25) is 9.59 Å². The molecule has 2 aromatic rings. The van der Waals surface area contributed by atoms with Crippen molar-refractivity contribution in [1.82, 2.24) is 0 Å². The fraction of sp³-hybridized carbons (Fsp3) is 0.125. The number of nitrogens with one attached hydrogen (secondary N) is 2. The smallest absolute Gasteiger partial charge is 0.233 e. The highest BCUT2D eigenvalue weighted by Crippen LogP contribution is 2.46. The van der Waals surface area contributed by atoms with E-state index in [1.54, 1.807) is 0 Å². The van der Waals surface area contributed by atoms with Crippen LogP contribution in [0.4, 0.5) is 11.4 Å². The van der Waals surface area contributed by atoms with Crippen LogP contribution in [0.1, 0.15) is 23.0 Å². The van der Waals surface area contributed by atoms with Gasteiger partial charge in [-0.1, -0.05) is 36.4 Å². The molecule has 2 aromatic carbocycles. The SMILES string of the molecule is O=C1Nc2ccccc2C1C1C(=O)Nc2ccccc21. The molecule has 4 nitrogen and oxygen atoms in total. The first-order chi connectivity index (χ1) is 9.75. The fourth-order valence-electron chi connectivity index (χ4n) is 3.13. The molecular weight excluding hydrogens is 252 g/mol. The number of anilines is 2. The molecule has 0 bridgehead atoms. The number of amides is 2. The summed E-state index contributed by atoms with van der Waals surface area (Å²) in [6.07, 6.45) is 0. The van der Waals surface area contributed by atoms with Crippen LogP contribution in [0.15, 0.2) is 48.5 Å². The summed E-state index contributed by atoms with van der Waals surface area (Å²) in [7, 11) is 0. The zero-order chi connectivity index (χ0) is 13.7. The van der Waals surface area contributed by atoms with Crippen LogP contribution < -0.4 is 10.6 Å². The van der Waals surface area contributed by atoms with Crippen molar-refractivity contribution >= 4 is 23.2 Å². The Kier molecular flexibility index (Phi) is 2.21. The molecule has 2 N–H and O–H groups in total. The molecule has 2 amide bonds. The van der Waals surface area contributed by atoms with E-state index in [0.717, 1.165) is 22.5 Å². The number of carbonyl (C=O) groups is 2. The molecule has 2 aliphatic heterocycles. The minimum absolute atomic E-state index is 0.108. The molecule has 2 aliphatic rings. The molecule has 2 heterocycles. The Hall–Kier alpha value is -2.62. The molecule has 0 saturated heterocycles. The Bertz CT molecular complexity index is 675. The van der Waals surface area contributed by atoms with Gasteiger partial charge in [0.25, 0.3) is 0 Å². The second-order valence-electron chi connectivity index (χ2n) is 5.11. The van der Waals surface area contributed by atoms with E-state index >= 15 is 0 Å². The van der Waals surface area contributed by atoms with E-state index in [2.05, 4.69) is 10.6 Å². The first-order valence-electron chi connectivity index (χ1n) is 6.55. The summed E-state index contributed by atoms with van der Waals surface area (Å²) in [4.78, 5) is 24.6. The molecule has 20 heavy (non-hydrogen) atoms. The molecule has 0 aromatic heterocycles. The van der Waals surface area contributed by atoms with E-state index in [4.69, 9.17) is 0 Å². The number of para-hydroxylation sites is 2. The summed E-state index contributed by atoms with van der Waals surface area (Å²) in [6.45, 7) is 0. The summed E-state index contributed by atoms with van der Waals surface area (Å²) < 4.78 is 0. The number of rotatable bonds is 1. The average Bonchev–Trinajstić information content (AvgIpc) is 2.94. The highest BCUT2D eigenvalue weighted by molar-refractivity contribution is 6.12. The zero-order valence-electron chi connectivity index (χ0n) is 10.6. The van der Waals surface area contributed by atoms with Crippen molar-refractivity contribution in [3.63, 3.8) is 0 Å². The monoisotopic (exact) mass is 264 g/mol. The minimum atomic E-state index is -0.449. The zero-order valence-corrected chi connectivity index (χ0v) is 10.6. The van der Waals surface area contributed by atoms with Crippen LogP contribution >= 0.6 is 0 Å². The fourth-order valence-corrected chi connectivity index (χ4v) is 3.13. The Morgan fingerprint density at radius 1 is 0.650 bits per heavy atom. The third-order valence-electron chi connectivity index (χ3n) is 4.01. The maximum absolute atomic E-state index is 12.3. The van der Waals surface area contributed by atoms with Crippen molar-refractivity contribution in [1.29, 1.82) is 0 Å². The second-order valence-corrected chi connectivity index (χ2v) is 5.11. The molecule has 0 saturated carbocycles. The van der Waals surface area contributed by atoms with E-state index in [1.807, 2.05) is 48.5 Å². The predicted molar refractivity (Wildman–Crippen MR) is 75.6 cm³/mol. The highest BCUT2D eigenvalue weighted by Gasteiger charge is 2.44. The molecule has 0 aliphatic carbocycles. The van der Waals surface area contributed by atoms with Gasteiger partial charge in [-0.15, -0.1) is 0 Å².